The van der Waals surface area contributed by atoms with E-state index in [-0.39, 0.29) is 30.4 Å². The number of nitriles is 1. The number of carbonyl (C=O) groups excluding carboxylic acids is 1. The van der Waals surface area contributed by atoms with Crippen LogP contribution < -0.4 is 11.0 Å². The summed E-state index contributed by atoms with van der Waals surface area (Å²) in [5.74, 6) is -0.184. The first-order valence-electron chi connectivity index (χ1n) is 10.0. The van der Waals surface area contributed by atoms with Gasteiger partial charge in [-0.05, 0) is 24.6 Å². The van der Waals surface area contributed by atoms with E-state index in [1.165, 1.54) is 4.57 Å². The van der Waals surface area contributed by atoms with E-state index in [1.807, 2.05) is 25.7 Å². The Hall–Kier alpha value is -2.63. The minimum Gasteiger partial charge on any atom is -0.352 e. The monoisotopic (exact) mass is 444 g/mol. The molecular formula is C21H25N4O5P. The molecule has 1 fully saturated rings. The van der Waals surface area contributed by atoms with Crippen LogP contribution in [-0.4, -0.2) is 40.9 Å². The van der Waals surface area contributed by atoms with E-state index in [0.717, 1.165) is 6.42 Å². The molecule has 0 spiro atoms. The standard InChI is InChI=1S/C21H25N4O5P/c1-3-16-14-17(30-31(2)28-13-7-11-22)20(29-16)25-12-10-18(24-21(25)27)23-19(26)15-8-5-4-6-9-15/h4-6,8-10,12,16-17,20H,3,7,13-14H2,1-2H3,(H,23,24,26,27)/t16-,17+,20-,31?/m1/s1. The van der Waals surface area contributed by atoms with Gasteiger partial charge in [-0.15, -0.1) is 0 Å². The second-order valence-corrected chi connectivity index (χ2v) is 8.29. The Balaban J connectivity index is 1.71. The summed E-state index contributed by atoms with van der Waals surface area (Å²) in [6, 6.07) is 12.3. The lowest BCUT2D eigenvalue weighted by Gasteiger charge is -2.23. The van der Waals surface area contributed by atoms with E-state index < -0.39 is 20.3 Å². The maximum absolute atomic E-state index is 12.7. The molecule has 0 aliphatic carbocycles. The van der Waals surface area contributed by atoms with Crippen LogP contribution in [-0.2, 0) is 13.8 Å². The highest BCUT2D eigenvalue weighted by Crippen LogP contribution is 2.42. The Bertz CT molecular complexity index is 978. The third-order valence-electron chi connectivity index (χ3n) is 4.75. The third-order valence-corrected chi connectivity index (χ3v) is 5.87. The van der Waals surface area contributed by atoms with Gasteiger partial charge in [0, 0.05) is 24.8 Å². The summed E-state index contributed by atoms with van der Waals surface area (Å²) in [5.41, 5.74) is -0.0772. The molecule has 1 aliphatic heterocycles. The molecule has 1 unspecified atom stereocenters. The molecule has 0 radical (unpaired) electrons. The Morgan fingerprint density at radius 1 is 1.39 bits per heavy atom. The second-order valence-electron chi connectivity index (χ2n) is 6.94. The van der Waals surface area contributed by atoms with Gasteiger partial charge >= 0.3 is 5.69 Å². The van der Waals surface area contributed by atoms with Gasteiger partial charge < -0.3 is 19.1 Å². The highest BCUT2D eigenvalue weighted by atomic mass is 31.2. The van der Waals surface area contributed by atoms with Crippen molar-refractivity contribution >= 4 is 20.1 Å². The number of anilines is 1. The Morgan fingerprint density at radius 3 is 2.84 bits per heavy atom. The Labute approximate surface area is 181 Å². The molecule has 4 atom stereocenters. The number of benzene rings is 1. The zero-order valence-electron chi connectivity index (χ0n) is 17.4. The van der Waals surface area contributed by atoms with Gasteiger partial charge in [-0.1, -0.05) is 25.1 Å². The first-order chi connectivity index (χ1) is 15.0. The summed E-state index contributed by atoms with van der Waals surface area (Å²) < 4.78 is 19.0. The van der Waals surface area contributed by atoms with Crippen molar-refractivity contribution in [3.63, 3.8) is 0 Å². The van der Waals surface area contributed by atoms with Crippen molar-refractivity contribution in [1.29, 1.82) is 5.26 Å². The lowest BCUT2D eigenvalue weighted by molar-refractivity contribution is -0.0341. The van der Waals surface area contributed by atoms with Gasteiger partial charge in [0.2, 0.25) is 0 Å². The molecule has 0 saturated carbocycles. The molecule has 9 nitrogen and oxygen atoms in total. The predicted octanol–water partition coefficient (Wildman–Crippen LogP) is 3.45. The summed E-state index contributed by atoms with van der Waals surface area (Å²) in [4.78, 5) is 29.0. The molecule has 1 amide bonds. The number of hydrogen-bond acceptors (Lipinski definition) is 7. The lowest BCUT2D eigenvalue weighted by Crippen LogP contribution is -2.33. The van der Waals surface area contributed by atoms with Crippen LogP contribution in [0, 0.1) is 11.3 Å². The maximum atomic E-state index is 12.7. The first kappa shape index (κ1) is 23.0. The van der Waals surface area contributed by atoms with E-state index in [0.29, 0.717) is 18.6 Å². The van der Waals surface area contributed by atoms with E-state index >= 15 is 0 Å². The van der Waals surface area contributed by atoms with Gasteiger partial charge in [0.1, 0.15) is 11.9 Å². The lowest BCUT2D eigenvalue weighted by atomic mass is 10.1. The van der Waals surface area contributed by atoms with Gasteiger partial charge in [-0.2, -0.15) is 10.2 Å². The fourth-order valence-electron chi connectivity index (χ4n) is 3.21. The van der Waals surface area contributed by atoms with Crippen molar-refractivity contribution in [1.82, 2.24) is 9.55 Å². The summed E-state index contributed by atoms with van der Waals surface area (Å²) in [6.07, 6.45) is 2.15. The van der Waals surface area contributed by atoms with Gasteiger partial charge in [-0.25, -0.2) is 4.79 Å². The topological polar surface area (TPSA) is 115 Å². The first-order valence-corrected chi connectivity index (χ1v) is 11.7. The minimum atomic E-state index is -1.22. The van der Waals surface area contributed by atoms with Gasteiger partial charge in [-0.3, -0.25) is 9.36 Å². The molecule has 1 aromatic heterocycles. The Kier molecular flexibility index (Phi) is 8.27. The van der Waals surface area contributed by atoms with Crippen LogP contribution in [0.15, 0.2) is 47.4 Å². The van der Waals surface area contributed by atoms with Crippen molar-refractivity contribution in [2.24, 2.45) is 0 Å². The normalized spacial score (nSPS) is 21.4. The number of hydrogen-bond donors (Lipinski definition) is 1. The number of rotatable bonds is 9. The second kappa shape index (κ2) is 11.1. The van der Waals surface area contributed by atoms with Crippen LogP contribution in [0.2, 0.25) is 0 Å². The molecule has 164 valence electrons. The van der Waals surface area contributed by atoms with Crippen LogP contribution in [0.4, 0.5) is 5.82 Å². The van der Waals surface area contributed by atoms with Crippen LogP contribution in [0.3, 0.4) is 0 Å². The van der Waals surface area contributed by atoms with Gasteiger partial charge in [0.15, 0.2) is 14.6 Å². The number of carbonyl (C=O) groups is 1. The molecule has 10 heteroatoms. The van der Waals surface area contributed by atoms with Crippen LogP contribution in [0.1, 0.15) is 42.8 Å². The summed E-state index contributed by atoms with van der Waals surface area (Å²) >= 11 is 0. The van der Waals surface area contributed by atoms with E-state index in [1.54, 1.807) is 36.5 Å². The fourth-order valence-corrected chi connectivity index (χ4v) is 4.19. The van der Waals surface area contributed by atoms with Gasteiger partial charge in [0.25, 0.3) is 5.91 Å². The number of nitrogens with one attached hydrogen (secondary N) is 1. The maximum Gasteiger partial charge on any atom is 0.351 e. The number of amides is 1. The molecule has 0 bridgehead atoms. The average Bonchev–Trinajstić information content (AvgIpc) is 3.17. The summed E-state index contributed by atoms with van der Waals surface area (Å²) in [5, 5.41) is 11.3. The molecule has 1 N–H and O–H groups in total. The molecule has 3 rings (SSSR count). The fraction of sp³-hybridized carbons (Fsp3) is 0.429. The van der Waals surface area contributed by atoms with E-state index in [2.05, 4.69) is 10.3 Å². The molecular weight excluding hydrogens is 419 g/mol. The number of nitrogens with zero attached hydrogens (tertiary/aromatic N) is 3. The zero-order valence-corrected chi connectivity index (χ0v) is 18.3. The molecule has 1 saturated heterocycles. The SMILES string of the molecule is CC[C@@H]1C[C@H](OP(C)OCCC#N)[C@H](n2ccc(NC(=O)c3ccccc3)nc2=O)O1. The van der Waals surface area contributed by atoms with Crippen LogP contribution >= 0.6 is 8.38 Å². The predicted molar refractivity (Wildman–Crippen MR) is 116 cm³/mol. The minimum absolute atomic E-state index is 0.0538. The highest BCUT2D eigenvalue weighted by molar-refractivity contribution is 7.46. The molecule has 2 heterocycles. The quantitative estimate of drug-likeness (QED) is 0.465. The summed E-state index contributed by atoms with van der Waals surface area (Å²) in [6.45, 7) is 4.11. The summed E-state index contributed by atoms with van der Waals surface area (Å²) in [7, 11) is -1.22. The molecule has 2 aromatic rings. The molecule has 31 heavy (non-hydrogen) atoms. The smallest absolute Gasteiger partial charge is 0.351 e. The van der Waals surface area contributed by atoms with Crippen molar-refractivity contribution in [2.45, 2.75) is 44.6 Å². The number of aromatic nitrogens is 2. The van der Waals surface area contributed by atoms with Crippen LogP contribution in [0.25, 0.3) is 0 Å². The van der Waals surface area contributed by atoms with Gasteiger partial charge in [0.05, 0.1) is 25.2 Å². The van der Waals surface area contributed by atoms with Crippen molar-refractivity contribution in [3.05, 3.63) is 58.6 Å². The Morgan fingerprint density at radius 2 is 2.16 bits per heavy atom. The number of ether oxygens (including phenoxy) is 1. The zero-order chi connectivity index (χ0) is 22.2. The van der Waals surface area contributed by atoms with E-state index in [9.17, 15) is 9.59 Å². The van der Waals surface area contributed by atoms with Crippen molar-refractivity contribution in [2.75, 3.05) is 18.6 Å². The van der Waals surface area contributed by atoms with E-state index in [4.69, 9.17) is 19.0 Å². The highest BCUT2D eigenvalue weighted by Gasteiger charge is 2.38. The third kappa shape index (κ3) is 6.18. The average molecular weight is 444 g/mol. The van der Waals surface area contributed by atoms with Crippen molar-refractivity contribution in [3.8, 4) is 6.07 Å². The largest absolute Gasteiger partial charge is 0.352 e. The molecule has 1 aliphatic rings. The molecule has 1 aromatic carbocycles. The van der Waals surface area contributed by atoms with Crippen LogP contribution in [0.5, 0.6) is 0 Å². The van der Waals surface area contributed by atoms with Crippen molar-refractivity contribution < 1.29 is 18.6 Å².